The van der Waals surface area contributed by atoms with Crippen molar-refractivity contribution in [3.63, 3.8) is 0 Å². The van der Waals surface area contributed by atoms with Crippen LogP contribution < -0.4 is 10.6 Å². The number of halogens is 3. The maximum absolute atomic E-state index is 12.5. The Morgan fingerprint density at radius 2 is 2.04 bits per heavy atom. The van der Waals surface area contributed by atoms with E-state index >= 15 is 0 Å². The fourth-order valence-corrected chi connectivity index (χ4v) is 3.69. The first-order valence-corrected chi connectivity index (χ1v) is 9.32. The molecule has 0 radical (unpaired) electrons. The second-order valence-electron chi connectivity index (χ2n) is 6.49. The maximum atomic E-state index is 12.5. The van der Waals surface area contributed by atoms with Crippen LogP contribution in [-0.2, 0) is 4.79 Å². The zero-order valence-corrected chi connectivity index (χ0v) is 16.7. The molecule has 3 N–H and O–H groups in total. The van der Waals surface area contributed by atoms with Gasteiger partial charge in [-0.2, -0.15) is 5.10 Å². The van der Waals surface area contributed by atoms with E-state index in [9.17, 15) is 4.79 Å². The lowest BCUT2D eigenvalue weighted by Gasteiger charge is -2.21. The smallest absolute Gasteiger partial charge is 0.229 e. The molecule has 0 spiro atoms. The number of fused-ring (bicyclic) bond motifs is 1. The van der Waals surface area contributed by atoms with Gasteiger partial charge in [-0.1, -0.05) is 29.3 Å². The Bertz CT molecular complexity index is 967. The van der Waals surface area contributed by atoms with Crippen LogP contribution in [0.1, 0.15) is 12.8 Å². The van der Waals surface area contributed by atoms with Crippen molar-refractivity contribution >= 4 is 58.2 Å². The predicted octanol–water partition coefficient (Wildman–Crippen LogP) is 4.90. The van der Waals surface area contributed by atoms with Crippen molar-refractivity contribution in [2.45, 2.75) is 12.8 Å². The summed E-state index contributed by atoms with van der Waals surface area (Å²) in [5.74, 6) is 0.508. The molecule has 4 rings (SSSR count). The van der Waals surface area contributed by atoms with Crippen LogP contribution in [0.25, 0.3) is 22.0 Å². The highest BCUT2D eigenvalue weighted by Gasteiger charge is 2.22. The van der Waals surface area contributed by atoms with Crippen molar-refractivity contribution in [3.8, 4) is 11.1 Å². The Morgan fingerprint density at radius 1 is 1.19 bits per heavy atom. The van der Waals surface area contributed by atoms with E-state index < -0.39 is 0 Å². The number of carbonyl (C=O) groups excluding carboxylic acids is 1. The Hall–Kier alpha value is -1.79. The molecule has 0 bridgehead atoms. The summed E-state index contributed by atoms with van der Waals surface area (Å²) in [6, 6.07) is 11.2. The van der Waals surface area contributed by atoms with Crippen LogP contribution in [0.15, 0.2) is 36.4 Å². The molecule has 142 valence electrons. The number of carbonyl (C=O) groups is 1. The van der Waals surface area contributed by atoms with Gasteiger partial charge in [-0.3, -0.25) is 9.89 Å². The predicted molar refractivity (Wildman–Crippen MR) is 113 cm³/mol. The van der Waals surface area contributed by atoms with Gasteiger partial charge in [0.05, 0.1) is 11.4 Å². The Morgan fingerprint density at radius 3 is 2.81 bits per heavy atom. The average molecular weight is 426 g/mol. The average Bonchev–Trinajstić information content (AvgIpc) is 3.06. The number of amides is 1. The van der Waals surface area contributed by atoms with E-state index in [1.54, 1.807) is 12.1 Å². The van der Waals surface area contributed by atoms with Crippen LogP contribution in [0.5, 0.6) is 0 Å². The fraction of sp³-hybridized carbons (Fsp3) is 0.263. The van der Waals surface area contributed by atoms with E-state index in [1.807, 2.05) is 24.3 Å². The number of rotatable bonds is 3. The largest absolute Gasteiger partial charge is 0.316 e. The molecule has 1 atom stereocenters. The first-order valence-electron chi connectivity index (χ1n) is 8.57. The second-order valence-corrected chi connectivity index (χ2v) is 7.33. The minimum atomic E-state index is -0.0268. The number of anilines is 1. The molecule has 3 aromatic rings. The molecule has 1 saturated heterocycles. The molecule has 8 heteroatoms. The van der Waals surface area contributed by atoms with Crippen LogP contribution in [0, 0.1) is 5.92 Å². The van der Waals surface area contributed by atoms with Gasteiger partial charge in [0.2, 0.25) is 5.91 Å². The topological polar surface area (TPSA) is 69.8 Å². The Kier molecular flexibility index (Phi) is 6.27. The number of nitrogens with one attached hydrogen (secondary N) is 3. The first kappa shape index (κ1) is 20.0. The standard InChI is InChI=1S/C19H18Cl2N4O.ClH/c20-13-4-5-16(21)14(9-13)11-3-6-17-15(8-11)18(25-24-17)23-19(26)12-2-1-7-22-10-12;/h3-6,8-9,12,22H,1-2,7,10H2,(H2,23,24,25,26);1H. The highest BCUT2D eigenvalue weighted by atomic mass is 35.5. The van der Waals surface area contributed by atoms with Gasteiger partial charge in [-0.05, 0) is 55.3 Å². The summed E-state index contributed by atoms with van der Waals surface area (Å²) in [6.45, 7) is 1.68. The quantitative estimate of drug-likeness (QED) is 0.559. The van der Waals surface area contributed by atoms with Gasteiger partial charge in [-0.25, -0.2) is 0 Å². The Labute approximate surface area is 173 Å². The van der Waals surface area contributed by atoms with E-state index in [-0.39, 0.29) is 24.2 Å². The number of hydrogen-bond acceptors (Lipinski definition) is 3. The van der Waals surface area contributed by atoms with Crippen LogP contribution in [0.4, 0.5) is 5.82 Å². The molecule has 1 aliphatic rings. The third-order valence-electron chi connectivity index (χ3n) is 4.71. The van der Waals surface area contributed by atoms with Gasteiger partial charge < -0.3 is 10.6 Å². The molecular weight excluding hydrogens is 407 g/mol. The molecule has 0 aliphatic carbocycles. The molecule has 27 heavy (non-hydrogen) atoms. The van der Waals surface area contributed by atoms with E-state index in [2.05, 4.69) is 20.8 Å². The fourth-order valence-electron chi connectivity index (χ4n) is 3.29. The van der Waals surface area contributed by atoms with Crippen molar-refractivity contribution in [2.75, 3.05) is 18.4 Å². The highest BCUT2D eigenvalue weighted by molar-refractivity contribution is 6.35. The summed E-state index contributed by atoms with van der Waals surface area (Å²) in [4.78, 5) is 12.5. The van der Waals surface area contributed by atoms with E-state index in [4.69, 9.17) is 23.2 Å². The molecule has 1 amide bonds. The summed E-state index contributed by atoms with van der Waals surface area (Å²) in [5.41, 5.74) is 2.61. The van der Waals surface area contributed by atoms with E-state index in [0.29, 0.717) is 22.4 Å². The van der Waals surface area contributed by atoms with Crippen molar-refractivity contribution in [1.29, 1.82) is 0 Å². The monoisotopic (exact) mass is 424 g/mol. The summed E-state index contributed by atoms with van der Waals surface area (Å²) in [6.07, 6.45) is 1.90. The third-order valence-corrected chi connectivity index (χ3v) is 5.28. The van der Waals surface area contributed by atoms with Gasteiger partial charge in [0.25, 0.3) is 0 Å². The maximum Gasteiger partial charge on any atom is 0.229 e. The minimum Gasteiger partial charge on any atom is -0.316 e. The molecule has 0 saturated carbocycles. The van der Waals surface area contributed by atoms with Gasteiger partial charge in [0.1, 0.15) is 0 Å². The molecule has 1 aromatic heterocycles. The van der Waals surface area contributed by atoms with Crippen molar-refractivity contribution in [1.82, 2.24) is 15.5 Å². The molecule has 1 fully saturated rings. The van der Waals surface area contributed by atoms with Gasteiger partial charge in [-0.15, -0.1) is 12.4 Å². The molecule has 5 nitrogen and oxygen atoms in total. The van der Waals surface area contributed by atoms with Crippen molar-refractivity contribution < 1.29 is 4.79 Å². The molecule has 2 aromatic carbocycles. The zero-order chi connectivity index (χ0) is 18.1. The van der Waals surface area contributed by atoms with E-state index in [1.165, 1.54) is 0 Å². The van der Waals surface area contributed by atoms with Gasteiger partial charge >= 0.3 is 0 Å². The lowest BCUT2D eigenvalue weighted by Crippen LogP contribution is -2.37. The zero-order valence-electron chi connectivity index (χ0n) is 14.4. The molecule has 1 unspecified atom stereocenters. The van der Waals surface area contributed by atoms with Crippen LogP contribution >= 0.6 is 35.6 Å². The number of hydrogen-bond donors (Lipinski definition) is 3. The van der Waals surface area contributed by atoms with Gasteiger partial charge in [0, 0.05) is 27.5 Å². The lowest BCUT2D eigenvalue weighted by atomic mass is 9.99. The highest BCUT2D eigenvalue weighted by Crippen LogP contribution is 2.33. The van der Waals surface area contributed by atoms with E-state index in [0.717, 1.165) is 41.4 Å². The van der Waals surface area contributed by atoms with Gasteiger partial charge in [0.15, 0.2) is 5.82 Å². The number of benzene rings is 2. The first-order chi connectivity index (χ1) is 12.6. The molecule has 1 aliphatic heterocycles. The van der Waals surface area contributed by atoms with Crippen LogP contribution in [-0.4, -0.2) is 29.2 Å². The number of piperidine rings is 1. The normalized spacial score (nSPS) is 16.7. The summed E-state index contributed by atoms with van der Waals surface area (Å²) >= 11 is 12.4. The minimum absolute atomic E-state index is 0. The molecule has 2 heterocycles. The molecular formula is C19H19Cl3N4O. The summed E-state index contributed by atoms with van der Waals surface area (Å²) in [7, 11) is 0. The van der Waals surface area contributed by atoms with Crippen molar-refractivity contribution in [3.05, 3.63) is 46.4 Å². The summed E-state index contributed by atoms with van der Waals surface area (Å²) in [5, 5.41) is 15.5. The summed E-state index contributed by atoms with van der Waals surface area (Å²) < 4.78 is 0. The SMILES string of the molecule is Cl.O=C(Nc1n[nH]c2ccc(-c3cc(Cl)ccc3Cl)cc12)C1CCCNC1. The number of aromatic nitrogens is 2. The lowest BCUT2D eigenvalue weighted by molar-refractivity contribution is -0.120. The number of H-pyrrole nitrogens is 1. The third kappa shape index (κ3) is 4.22. The van der Waals surface area contributed by atoms with Crippen LogP contribution in [0.2, 0.25) is 10.0 Å². The number of aromatic amines is 1. The van der Waals surface area contributed by atoms with Crippen LogP contribution in [0.3, 0.4) is 0 Å². The Balaban J connectivity index is 0.00000210. The van der Waals surface area contributed by atoms with Crippen molar-refractivity contribution in [2.24, 2.45) is 5.92 Å². The second kappa shape index (κ2) is 8.48. The number of nitrogens with zero attached hydrogens (tertiary/aromatic N) is 1.